The lowest BCUT2D eigenvalue weighted by atomic mass is 9.90. The molecule has 1 saturated carbocycles. The van der Waals surface area contributed by atoms with Crippen LogP contribution in [0.1, 0.15) is 37.7 Å². The molecule has 2 aliphatic rings. The first-order valence-corrected chi connectivity index (χ1v) is 10.5. The molecule has 3 rings (SSSR count). The number of nitrogens with one attached hydrogen (secondary N) is 1. The summed E-state index contributed by atoms with van der Waals surface area (Å²) in [5, 5.41) is 3.21. The zero-order chi connectivity index (χ0) is 19.7. The molecule has 1 amide bonds. The summed E-state index contributed by atoms with van der Waals surface area (Å²) in [5.74, 6) is -0.270. The summed E-state index contributed by atoms with van der Waals surface area (Å²) in [6.07, 6.45) is 5.61. The van der Waals surface area contributed by atoms with Crippen molar-refractivity contribution in [3.63, 3.8) is 0 Å². The van der Waals surface area contributed by atoms with Crippen LogP contribution in [0.2, 0.25) is 0 Å². The molecule has 1 aliphatic heterocycles. The zero-order valence-electron chi connectivity index (χ0n) is 17.0. The van der Waals surface area contributed by atoms with Crippen LogP contribution in [0.3, 0.4) is 0 Å². The third-order valence-corrected chi connectivity index (χ3v) is 5.69. The van der Waals surface area contributed by atoms with Gasteiger partial charge in [0.1, 0.15) is 0 Å². The maximum absolute atomic E-state index is 12.6. The van der Waals surface area contributed by atoms with E-state index in [9.17, 15) is 4.79 Å². The van der Waals surface area contributed by atoms with Crippen molar-refractivity contribution in [2.24, 2.45) is 0 Å². The zero-order valence-corrected chi connectivity index (χ0v) is 17.0. The summed E-state index contributed by atoms with van der Waals surface area (Å²) in [6.45, 7) is 4.10. The van der Waals surface area contributed by atoms with Gasteiger partial charge in [0.25, 0.3) is 0 Å². The van der Waals surface area contributed by atoms with Gasteiger partial charge in [0, 0.05) is 32.5 Å². The minimum atomic E-state index is -0.372. The van der Waals surface area contributed by atoms with Crippen molar-refractivity contribution in [3.8, 4) is 0 Å². The molecule has 0 aromatic heterocycles. The fourth-order valence-corrected chi connectivity index (χ4v) is 4.11. The Kier molecular flexibility index (Phi) is 8.27. The number of amides is 1. The van der Waals surface area contributed by atoms with Crippen molar-refractivity contribution >= 4 is 5.91 Å². The number of hydrogen-bond donors (Lipinski definition) is 1. The standard InChI is InChI=1S/C22H34N2O4/c1-26-15-14-24(13-5-8-19-6-3-2-4-7-19)18-21(25)23-20-9-11-22(12-10-20)27-16-17-28-22/h2-4,6-7,20H,5,8-18H2,1H3,(H,23,25). The van der Waals surface area contributed by atoms with Crippen molar-refractivity contribution in [1.29, 1.82) is 0 Å². The van der Waals surface area contributed by atoms with E-state index in [-0.39, 0.29) is 17.7 Å². The van der Waals surface area contributed by atoms with E-state index in [0.29, 0.717) is 26.4 Å². The van der Waals surface area contributed by atoms with E-state index in [1.165, 1.54) is 5.56 Å². The Hall–Kier alpha value is -1.47. The molecular weight excluding hydrogens is 356 g/mol. The highest BCUT2D eigenvalue weighted by molar-refractivity contribution is 5.78. The van der Waals surface area contributed by atoms with E-state index in [2.05, 4.69) is 34.5 Å². The molecule has 1 saturated heterocycles. The summed E-state index contributed by atoms with van der Waals surface area (Å²) in [6, 6.07) is 10.7. The molecule has 2 fully saturated rings. The first-order chi connectivity index (χ1) is 13.7. The fraction of sp³-hybridized carbons (Fsp3) is 0.682. The lowest BCUT2D eigenvalue weighted by Crippen LogP contribution is -2.47. The number of methoxy groups -OCH3 is 1. The number of aryl methyl sites for hydroxylation is 1. The highest BCUT2D eigenvalue weighted by Crippen LogP contribution is 2.35. The third kappa shape index (κ3) is 6.55. The summed E-state index contributed by atoms with van der Waals surface area (Å²) in [5.41, 5.74) is 1.34. The molecule has 0 unspecified atom stereocenters. The van der Waals surface area contributed by atoms with Crippen molar-refractivity contribution in [3.05, 3.63) is 35.9 Å². The SMILES string of the molecule is COCCN(CCCc1ccccc1)CC(=O)NC1CCC2(CC1)OCCO2. The molecule has 6 nitrogen and oxygen atoms in total. The predicted molar refractivity (Wildman–Crippen MR) is 108 cm³/mol. The Morgan fingerprint density at radius 1 is 1.18 bits per heavy atom. The first kappa shape index (κ1) is 21.2. The monoisotopic (exact) mass is 390 g/mol. The van der Waals surface area contributed by atoms with E-state index in [1.54, 1.807) is 7.11 Å². The molecule has 1 aromatic carbocycles. The maximum atomic E-state index is 12.6. The summed E-state index contributed by atoms with van der Waals surface area (Å²) in [4.78, 5) is 14.8. The quantitative estimate of drug-likeness (QED) is 0.665. The number of nitrogens with zero attached hydrogens (tertiary/aromatic N) is 1. The highest BCUT2D eigenvalue weighted by Gasteiger charge is 2.40. The Bertz CT molecular complexity index is 579. The lowest BCUT2D eigenvalue weighted by molar-refractivity contribution is -0.180. The molecular formula is C22H34N2O4. The van der Waals surface area contributed by atoms with Gasteiger partial charge in [-0.15, -0.1) is 0 Å². The van der Waals surface area contributed by atoms with E-state index < -0.39 is 0 Å². The minimum Gasteiger partial charge on any atom is -0.383 e. The van der Waals surface area contributed by atoms with Gasteiger partial charge in [-0.25, -0.2) is 0 Å². The predicted octanol–water partition coefficient (Wildman–Crippen LogP) is 2.37. The fourth-order valence-electron chi connectivity index (χ4n) is 4.11. The van der Waals surface area contributed by atoms with Gasteiger partial charge in [-0.2, -0.15) is 0 Å². The molecule has 0 radical (unpaired) electrons. The van der Waals surface area contributed by atoms with Gasteiger partial charge in [0.05, 0.1) is 26.4 Å². The third-order valence-electron chi connectivity index (χ3n) is 5.69. The van der Waals surface area contributed by atoms with E-state index in [0.717, 1.165) is 51.6 Å². The van der Waals surface area contributed by atoms with Crippen molar-refractivity contribution in [1.82, 2.24) is 10.2 Å². The molecule has 1 aromatic rings. The summed E-state index contributed by atoms with van der Waals surface area (Å²) >= 11 is 0. The second kappa shape index (κ2) is 10.9. The van der Waals surface area contributed by atoms with Gasteiger partial charge in [0.2, 0.25) is 5.91 Å². The Morgan fingerprint density at radius 2 is 1.89 bits per heavy atom. The van der Waals surface area contributed by atoms with Gasteiger partial charge in [-0.05, 0) is 37.8 Å². The maximum Gasteiger partial charge on any atom is 0.234 e. The number of carbonyl (C=O) groups is 1. The van der Waals surface area contributed by atoms with Gasteiger partial charge in [-0.1, -0.05) is 30.3 Å². The number of benzene rings is 1. The topological polar surface area (TPSA) is 60.0 Å². The van der Waals surface area contributed by atoms with Crippen LogP contribution in [0.25, 0.3) is 0 Å². The first-order valence-electron chi connectivity index (χ1n) is 10.5. The Labute approximate surface area is 168 Å². The normalized spacial score (nSPS) is 19.4. The smallest absolute Gasteiger partial charge is 0.234 e. The summed E-state index contributed by atoms with van der Waals surface area (Å²) < 4.78 is 16.8. The second-order valence-corrected chi connectivity index (χ2v) is 7.81. The van der Waals surface area contributed by atoms with Gasteiger partial charge in [-0.3, -0.25) is 9.69 Å². The lowest BCUT2D eigenvalue weighted by Gasteiger charge is -2.35. The largest absolute Gasteiger partial charge is 0.383 e. The van der Waals surface area contributed by atoms with Crippen molar-refractivity contribution < 1.29 is 19.0 Å². The Morgan fingerprint density at radius 3 is 2.57 bits per heavy atom. The molecule has 0 bridgehead atoms. The van der Waals surface area contributed by atoms with Crippen molar-refractivity contribution in [2.45, 2.75) is 50.4 Å². The van der Waals surface area contributed by atoms with E-state index in [1.807, 2.05) is 6.07 Å². The number of hydrogen-bond acceptors (Lipinski definition) is 5. The Balaban J connectivity index is 1.39. The molecule has 1 N–H and O–H groups in total. The van der Waals surface area contributed by atoms with Crippen LogP contribution in [-0.2, 0) is 25.4 Å². The second-order valence-electron chi connectivity index (χ2n) is 7.81. The van der Waals surface area contributed by atoms with Crippen LogP contribution in [0, 0.1) is 0 Å². The minimum absolute atomic E-state index is 0.102. The van der Waals surface area contributed by atoms with E-state index >= 15 is 0 Å². The average molecular weight is 391 g/mol. The number of carbonyl (C=O) groups excluding carboxylic acids is 1. The molecule has 1 heterocycles. The molecule has 156 valence electrons. The summed E-state index contributed by atoms with van der Waals surface area (Å²) in [7, 11) is 1.70. The van der Waals surface area contributed by atoms with Crippen LogP contribution >= 0.6 is 0 Å². The van der Waals surface area contributed by atoms with E-state index in [4.69, 9.17) is 14.2 Å². The molecule has 1 spiro atoms. The van der Waals surface area contributed by atoms with Gasteiger partial charge >= 0.3 is 0 Å². The van der Waals surface area contributed by atoms with Crippen LogP contribution in [0.4, 0.5) is 0 Å². The van der Waals surface area contributed by atoms with Crippen LogP contribution < -0.4 is 5.32 Å². The van der Waals surface area contributed by atoms with Crippen LogP contribution in [0.15, 0.2) is 30.3 Å². The van der Waals surface area contributed by atoms with Gasteiger partial charge < -0.3 is 19.5 Å². The molecule has 28 heavy (non-hydrogen) atoms. The van der Waals surface area contributed by atoms with Crippen molar-refractivity contribution in [2.75, 3.05) is 46.6 Å². The molecule has 1 aliphatic carbocycles. The van der Waals surface area contributed by atoms with Crippen LogP contribution in [0.5, 0.6) is 0 Å². The average Bonchev–Trinajstić information content (AvgIpc) is 3.17. The molecule has 6 heteroatoms. The highest BCUT2D eigenvalue weighted by atomic mass is 16.7. The number of ether oxygens (including phenoxy) is 3. The van der Waals surface area contributed by atoms with Crippen LogP contribution in [-0.4, -0.2) is 69.2 Å². The molecule has 0 atom stereocenters. The van der Waals surface area contributed by atoms with Gasteiger partial charge in [0.15, 0.2) is 5.79 Å². The number of rotatable bonds is 10.